The summed E-state index contributed by atoms with van der Waals surface area (Å²) in [5, 5.41) is 3.31. The van der Waals surface area contributed by atoms with Crippen molar-refractivity contribution in [3.05, 3.63) is 18.5 Å². The number of pyridine rings is 1. The molecule has 4 heteroatoms. The lowest BCUT2D eigenvalue weighted by Crippen LogP contribution is -2.22. The topological polar surface area (TPSA) is 60.2 Å². The summed E-state index contributed by atoms with van der Waals surface area (Å²) in [5.41, 5.74) is 7.32. The predicted molar refractivity (Wildman–Crippen MR) is 65.3 cm³/mol. The van der Waals surface area contributed by atoms with Gasteiger partial charge in [-0.05, 0) is 31.7 Å². The predicted octanol–water partition coefficient (Wildman–Crippen LogP) is 2.03. The Morgan fingerprint density at radius 2 is 2.38 bits per heavy atom. The number of aromatic nitrogens is 1. The maximum absolute atomic E-state index is 5.66. The van der Waals surface area contributed by atoms with Crippen LogP contribution in [0.15, 0.2) is 18.5 Å². The van der Waals surface area contributed by atoms with Crippen LogP contribution in [0.1, 0.15) is 25.7 Å². The van der Waals surface area contributed by atoms with Crippen LogP contribution < -0.4 is 11.1 Å². The average Bonchev–Trinajstić information content (AvgIpc) is 2.30. The number of nitrogen functional groups attached to an aromatic ring is 1. The van der Waals surface area contributed by atoms with Gasteiger partial charge in [-0.3, -0.25) is 4.98 Å². The molecule has 16 heavy (non-hydrogen) atoms. The van der Waals surface area contributed by atoms with Crippen molar-refractivity contribution in [2.75, 3.05) is 24.2 Å². The van der Waals surface area contributed by atoms with Crippen LogP contribution in [0.3, 0.4) is 0 Å². The molecular formula is C12H19N3O. The zero-order chi connectivity index (χ0) is 11.2. The van der Waals surface area contributed by atoms with Gasteiger partial charge in [0.15, 0.2) is 0 Å². The largest absolute Gasteiger partial charge is 0.397 e. The maximum Gasteiger partial charge on any atom is 0.0591 e. The first kappa shape index (κ1) is 11.2. The monoisotopic (exact) mass is 221 g/mol. The first-order chi connectivity index (χ1) is 7.84. The molecule has 0 amide bonds. The van der Waals surface area contributed by atoms with Gasteiger partial charge >= 0.3 is 0 Å². The fourth-order valence-corrected chi connectivity index (χ4v) is 1.97. The Kier molecular flexibility index (Phi) is 3.99. The summed E-state index contributed by atoms with van der Waals surface area (Å²) in [7, 11) is 0. The maximum atomic E-state index is 5.66. The van der Waals surface area contributed by atoms with Gasteiger partial charge < -0.3 is 15.8 Å². The Bertz CT molecular complexity index is 324. The molecule has 0 saturated carbocycles. The van der Waals surface area contributed by atoms with Crippen LogP contribution in [-0.2, 0) is 4.74 Å². The van der Waals surface area contributed by atoms with Crippen molar-refractivity contribution in [1.82, 2.24) is 4.98 Å². The molecule has 3 N–H and O–H groups in total. The van der Waals surface area contributed by atoms with Gasteiger partial charge in [0.25, 0.3) is 0 Å². The second-order valence-electron chi connectivity index (χ2n) is 4.21. The highest BCUT2D eigenvalue weighted by atomic mass is 16.5. The number of nitrogens with one attached hydrogen (secondary N) is 1. The number of hydrogen-bond donors (Lipinski definition) is 2. The van der Waals surface area contributed by atoms with E-state index in [2.05, 4.69) is 10.3 Å². The molecule has 2 rings (SSSR count). The molecule has 1 unspecified atom stereocenters. The van der Waals surface area contributed by atoms with Crippen LogP contribution >= 0.6 is 0 Å². The van der Waals surface area contributed by atoms with Crippen LogP contribution in [0.2, 0.25) is 0 Å². The molecule has 4 nitrogen and oxygen atoms in total. The molecule has 1 aromatic heterocycles. The molecule has 1 fully saturated rings. The second kappa shape index (κ2) is 5.70. The van der Waals surface area contributed by atoms with E-state index in [0.29, 0.717) is 11.8 Å². The SMILES string of the molecule is Nc1cncc(NCCC2CCCCO2)c1. The Morgan fingerprint density at radius 1 is 1.44 bits per heavy atom. The van der Waals surface area contributed by atoms with Crippen LogP contribution in [0, 0.1) is 0 Å². The first-order valence-electron chi connectivity index (χ1n) is 5.90. The van der Waals surface area contributed by atoms with Crippen molar-refractivity contribution in [1.29, 1.82) is 0 Å². The van der Waals surface area contributed by atoms with Crippen LogP contribution in [0.4, 0.5) is 11.4 Å². The van der Waals surface area contributed by atoms with Crippen molar-refractivity contribution >= 4 is 11.4 Å². The average molecular weight is 221 g/mol. The molecule has 0 radical (unpaired) electrons. The van der Waals surface area contributed by atoms with Crippen molar-refractivity contribution in [3.63, 3.8) is 0 Å². The molecule has 0 bridgehead atoms. The van der Waals surface area contributed by atoms with Gasteiger partial charge in [0.1, 0.15) is 0 Å². The zero-order valence-corrected chi connectivity index (χ0v) is 9.48. The van der Waals surface area contributed by atoms with E-state index in [1.54, 1.807) is 12.4 Å². The summed E-state index contributed by atoms with van der Waals surface area (Å²) >= 11 is 0. The summed E-state index contributed by atoms with van der Waals surface area (Å²) < 4.78 is 5.66. The van der Waals surface area contributed by atoms with E-state index >= 15 is 0 Å². The van der Waals surface area contributed by atoms with Crippen LogP contribution in [0.5, 0.6) is 0 Å². The fraction of sp³-hybridized carbons (Fsp3) is 0.583. The Labute approximate surface area is 96.2 Å². The van der Waals surface area contributed by atoms with E-state index in [0.717, 1.165) is 25.3 Å². The zero-order valence-electron chi connectivity index (χ0n) is 9.48. The van der Waals surface area contributed by atoms with Gasteiger partial charge in [0.2, 0.25) is 0 Å². The molecular weight excluding hydrogens is 202 g/mol. The normalized spacial score (nSPS) is 20.6. The summed E-state index contributed by atoms with van der Waals surface area (Å²) in [6.45, 7) is 1.83. The summed E-state index contributed by atoms with van der Waals surface area (Å²) in [5.74, 6) is 0. The van der Waals surface area contributed by atoms with E-state index in [1.807, 2.05) is 6.07 Å². The third kappa shape index (κ3) is 3.38. The number of anilines is 2. The number of nitrogens with zero attached hydrogens (tertiary/aromatic N) is 1. The van der Waals surface area contributed by atoms with Crippen LogP contribution in [0.25, 0.3) is 0 Å². The summed E-state index contributed by atoms with van der Waals surface area (Å²) in [4.78, 5) is 4.03. The summed E-state index contributed by atoms with van der Waals surface area (Å²) in [6.07, 6.45) is 8.61. The Morgan fingerprint density at radius 3 is 3.12 bits per heavy atom. The fourth-order valence-electron chi connectivity index (χ4n) is 1.97. The molecule has 0 aromatic carbocycles. The quantitative estimate of drug-likeness (QED) is 0.816. The highest BCUT2D eigenvalue weighted by molar-refractivity contribution is 5.51. The lowest BCUT2D eigenvalue weighted by atomic mass is 10.1. The molecule has 1 aliphatic heterocycles. The standard InChI is InChI=1S/C12H19N3O/c13-10-7-11(9-14-8-10)15-5-4-12-3-1-2-6-16-12/h7-9,12,15H,1-6,13H2. The van der Waals surface area contributed by atoms with E-state index < -0.39 is 0 Å². The van der Waals surface area contributed by atoms with E-state index in [-0.39, 0.29) is 0 Å². The first-order valence-corrected chi connectivity index (χ1v) is 5.90. The van der Waals surface area contributed by atoms with Gasteiger partial charge in [-0.1, -0.05) is 0 Å². The van der Waals surface area contributed by atoms with E-state index in [1.165, 1.54) is 19.3 Å². The van der Waals surface area contributed by atoms with Crippen molar-refractivity contribution in [2.24, 2.45) is 0 Å². The van der Waals surface area contributed by atoms with Crippen molar-refractivity contribution in [3.8, 4) is 0 Å². The number of hydrogen-bond acceptors (Lipinski definition) is 4. The van der Waals surface area contributed by atoms with Gasteiger partial charge in [0.05, 0.1) is 23.7 Å². The minimum absolute atomic E-state index is 0.426. The van der Waals surface area contributed by atoms with E-state index in [4.69, 9.17) is 10.5 Å². The van der Waals surface area contributed by atoms with Gasteiger partial charge in [-0.2, -0.15) is 0 Å². The highest BCUT2D eigenvalue weighted by Gasteiger charge is 2.12. The second-order valence-corrected chi connectivity index (χ2v) is 4.21. The number of rotatable bonds is 4. The third-order valence-corrected chi connectivity index (χ3v) is 2.83. The lowest BCUT2D eigenvalue weighted by molar-refractivity contribution is 0.0134. The minimum Gasteiger partial charge on any atom is -0.397 e. The molecule has 1 saturated heterocycles. The molecule has 0 spiro atoms. The smallest absolute Gasteiger partial charge is 0.0591 e. The van der Waals surface area contributed by atoms with Gasteiger partial charge in [0, 0.05) is 19.3 Å². The van der Waals surface area contributed by atoms with E-state index in [9.17, 15) is 0 Å². The van der Waals surface area contributed by atoms with Crippen LogP contribution in [-0.4, -0.2) is 24.2 Å². The van der Waals surface area contributed by atoms with Gasteiger partial charge in [-0.15, -0.1) is 0 Å². The lowest BCUT2D eigenvalue weighted by Gasteiger charge is -2.22. The number of ether oxygens (including phenoxy) is 1. The van der Waals surface area contributed by atoms with Crippen molar-refractivity contribution in [2.45, 2.75) is 31.8 Å². The molecule has 1 atom stereocenters. The molecule has 88 valence electrons. The summed E-state index contributed by atoms with van der Waals surface area (Å²) in [6, 6.07) is 1.90. The Balaban J connectivity index is 1.71. The highest BCUT2D eigenvalue weighted by Crippen LogP contribution is 2.16. The molecule has 1 aromatic rings. The van der Waals surface area contributed by atoms with Crippen molar-refractivity contribution < 1.29 is 4.74 Å². The Hall–Kier alpha value is -1.29. The minimum atomic E-state index is 0.426. The molecule has 2 heterocycles. The molecule has 1 aliphatic rings. The third-order valence-electron chi connectivity index (χ3n) is 2.83. The molecule has 0 aliphatic carbocycles. The number of nitrogens with two attached hydrogens (primary N) is 1. The van der Waals surface area contributed by atoms with Gasteiger partial charge in [-0.25, -0.2) is 0 Å².